The smallest absolute Gasteiger partial charge is 0.204 e. The fourth-order valence-electron chi connectivity index (χ4n) is 4.38. The second-order valence-electron chi connectivity index (χ2n) is 8.32. The van der Waals surface area contributed by atoms with E-state index in [2.05, 4.69) is 20.0 Å². The highest BCUT2D eigenvalue weighted by Crippen LogP contribution is 2.35. The molecular formula is C22H45OSi. The van der Waals surface area contributed by atoms with Crippen LogP contribution >= 0.6 is 0 Å². The Bertz CT molecular complexity index is 261. The minimum atomic E-state index is -0.490. The molecule has 143 valence electrons. The van der Waals surface area contributed by atoms with Crippen LogP contribution in [0.25, 0.3) is 0 Å². The first-order valence-corrected chi connectivity index (χ1v) is 13.6. The fraction of sp³-hybridized carbons (Fsp3) is 1.00. The molecule has 1 saturated carbocycles. The average molecular weight is 354 g/mol. The van der Waals surface area contributed by atoms with Gasteiger partial charge in [0.15, 0.2) is 0 Å². The zero-order valence-corrected chi connectivity index (χ0v) is 18.1. The first kappa shape index (κ1) is 22.2. The highest BCUT2D eigenvalue weighted by Gasteiger charge is 2.22. The van der Waals surface area contributed by atoms with E-state index in [-0.39, 0.29) is 0 Å². The molecule has 0 amide bonds. The van der Waals surface area contributed by atoms with E-state index in [1.54, 1.807) is 0 Å². The van der Waals surface area contributed by atoms with Crippen molar-refractivity contribution in [1.29, 1.82) is 0 Å². The molecule has 0 N–H and O–H groups in total. The molecule has 1 aliphatic carbocycles. The Morgan fingerprint density at radius 2 is 1.38 bits per heavy atom. The van der Waals surface area contributed by atoms with Crippen LogP contribution in [0.4, 0.5) is 0 Å². The molecule has 0 spiro atoms. The third-order valence-electron chi connectivity index (χ3n) is 5.85. The average Bonchev–Trinajstić information content (AvgIpc) is 2.59. The maximum atomic E-state index is 5.87. The quantitative estimate of drug-likeness (QED) is 0.216. The molecule has 1 unspecified atom stereocenters. The minimum absolute atomic E-state index is 0.490. The van der Waals surface area contributed by atoms with Crippen LogP contribution in [-0.2, 0) is 4.43 Å². The molecular weight excluding hydrogens is 308 g/mol. The van der Waals surface area contributed by atoms with Gasteiger partial charge < -0.3 is 4.43 Å². The summed E-state index contributed by atoms with van der Waals surface area (Å²) in [6.07, 6.45) is 23.3. The molecule has 0 aromatic rings. The first-order chi connectivity index (χ1) is 11.7. The summed E-state index contributed by atoms with van der Waals surface area (Å²) in [4.78, 5) is 0. The van der Waals surface area contributed by atoms with Gasteiger partial charge in [0.05, 0.1) is 0 Å². The van der Waals surface area contributed by atoms with Gasteiger partial charge in [-0.05, 0) is 37.8 Å². The molecule has 1 radical (unpaired) electrons. The van der Waals surface area contributed by atoms with Crippen molar-refractivity contribution in [3.05, 3.63) is 0 Å². The maximum Gasteiger partial charge on any atom is 0.204 e. The SMILES string of the molecule is CCCCCCCCCCC(CCCO[Si](C)C)C1CCCCC1. The summed E-state index contributed by atoms with van der Waals surface area (Å²) in [6, 6.07) is 0. The van der Waals surface area contributed by atoms with Crippen molar-refractivity contribution in [1.82, 2.24) is 0 Å². The highest BCUT2D eigenvalue weighted by molar-refractivity contribution is 6.48. The monoisotopic (exact) mass is 353 g/mol. The van der Waals surface area contributed by atoms with Crippen LogP contribution in [0.3, 0.4) is 0 Å². The topological polar surface area (TPSA) is 9.23 Å². The van der Waals surface area contributed by atoms with Crippen LogP contribution in [0.1, 0.15) is 110 Å². The Morgan fingerprint density at radius 3 is 2.00 bits per heavy atom. The van der Waals surface area contributed by atoms with E-state index in [4.69, 9.17) is 4.43 Å². The summed E-state index contributed by atoms with van der Waals surface area (Å²) in [5.74, 6) is 2.04. The zero-order chi connectivity index (χ0) is 17.5. The molecule has 2 heteroatoms. The molecule has 1 nitrogen and oxygen atoms in total. The van der Waals surface area contributed by atoms with Gasteiger partial charge in [0.1, 0.15) is 0 Å². The Balaban J connectivity index is 2.15. The molecule has 0 saturated heterocycles. The van der Waals surface area contributed by atoms with E-state index < -0.39 is 9.04 Å². The number of unbranched alkanes of at least 4 members (excludes halogenated alkanes) is 7. The molecule has 0 aromatic heterocycles. The van der Waals surface area contributed by atoms with Gasteiger partial charge in [-0.15, -0.1) is 0 Å². The Hall–Kier alpha value is 0.177. The number of hydrogen-bond acceptors (Lipinski definition) is 1. The Kier molecular flexibility index (Phi) is 14.3. The Labute approximate surface area is 155 Å². The second-order valence-corrected chi connectivity index (χ2v) is 10.4. The van der Waals surface area contributed by atoms with Gasteiger partial charge >= 0.3 is 0 Å². The van der Waals surface area contributed by atoms with E-state index in [1.165, 1.54) is 103 Å². The van der Waals surface area contributed by atoms with Crippen LogP contribution in [0.5, 0.6) is 0 Å². The van der Waals surface area contributed by atoms with Gasteiger partial charge in [-0.2, -0.15) is 0 Å². The van der Waals surface area contributed by atoms with Gasteiger partial charge in [-0.25, -0.2) is 0 Å². The van der Waals surface area contributed by atoms with Gasteiger partial charge in [0.2, 0.25) is 9.04 Å². The molecule has 0 aliphatic heterocycles. The number of hydrogen-bond donors (Lipinski definition) is 0. The molecule has 1 fully saturated rings. The predicted octanol–water partition coefficient (Wildman–Crippen LogP) is 7.76. The van der Waals surface area contributed by atoms with E-state index in [0.717, 1.165) is 18.4 Å². The van der Waals surface area contributed by atoms with Gasteiger partial charge in [0, 0.05) is 6.61 Å². The summed E-state index contributed by atoms with van der Waals surface area (Å²) in [5.41, 5.74) is 0. The summed E-state index contributed by atoms with van der Waals surface area (Å²) < 4.78 is 5.87. The third-order valence-corrected chi connectivity index (χ3v) is 6.64. The van der Waals surface area contributed by atoms with Crippen molar-refractivity contribution < 1.29 is 4.43 Å². The van der Waals surface area contributed by atoms with Crippen molar-refractivity contribution in [3.8, 4) is 0 Å². The van der Waals surface area contributed by atoms with Gasteiger partial charge in [-0.1, -0.05) is 96.8 Å². The largest absolute Gasteiger partial charge is 0.417 e. The van der Waals surface area contributed by atoms with Crippen LogP contribution in [0.2, 0.25) is 13.1 Å². The molecule has 0 bridgehead atoms. The summed E-state index contributed by atoms with van der Waals surface area (Å²) in [5, 5.41) is 0. The minimum Gasteiger partial charge on any atom is -0.417 e. The lowest BCUT2D eigenvalue weighted by molar-refractivity contribution is 0.202. The van der Waals surface area contributed by atoms with E-state index in [9.17, 15) is 0 Å². The van der Waals surface area contributed by atoms with Gasteiger partial charge in [0.25, 0.3) is 0 Å². The van der Waals surface area contributed by atoms with E-state index in [0.29, 0.717) is 0 Å². The van der Waals surface area contributed by atoms with Crippen LogP contribution in [0, 0.1) is 11.8 Å². The molecule has 0 aromatic carbocycles. The molecule has 1 atom stereocenters. The van der Waals surface area contributed by atoms with Crippen molar-refractivity contribution in [2.24, 2.45) is 11.8 Å². The van der Waals surface area contributed by atoms with Gasteiger partial charge in [-0.3, -0.25) is 0 Å². The summed E-state index contributed by atoms with van der Waals surface area (Å²) in [6.45, 7) is 7.83. The maximum absolute atomic E-state index is 5.87. The zero-order valence-electron chi connectivity index (χ0n) is 17.1. The molecule has 1 aliphatic rings. The second kappa shape index (κ2) is 15.4. The first-order valence-electron chi connectivity index (χ1n) is 11.2. The lowest BCUT2D eigenvalue weighted by Crippen LogP contribution is -2.19. The standard InChI is InChI=1S/C22H45OSi/c1-4-5-6-7-8-9-10-12-16-22(19-15-20-23-24(2)3)21-17-13-11-14-18-21/h21-22H,4-20H2,1-3H3. The molecule has 24 heavy (non-hydrogen) atoms. The highest BCUT2D eigenvalue weighted by atomic mass is 28.3. The fourth-order valence-corrected chi connectivity index (χ4v) is 4.94. The van der Waals surface area contributed by atoms with Crippen LogP contribution in [0.15, 0.2) is 0 Å². The predicted molar refractivity (Wildman–Crippen MR) is 110 cm³/mol. The van der Waals surface area contributed by atoms with Crippen molar-refractivity contribution in [2.45, 2.75) is 123 Å². The van der Waals surface area contributed by atoms with Crippen molar-refractivity contribution in [3.63, 3.8) is 0 Å². The van der Waals surface area contributed by atoms with Crippen molar-refractivity contribution >= 4 is 9.04 Å². The third kappa shape index (κ3) is 11.7. The van der Waals surface area contributed by atoms with Crippen LogP contribution in [-0.4, -0.2) is 15.6 Å². The van der Waals surface area contributed by atoms with Crippen molar-refractivity contribution in [2.75, 3.05) is 6.61 Å². The number of rotatable bonds is 15. The lowest BCUT2D eigenvalue weighted by atomic mass is 9.76. The van der Waals surface area contributed by atoms with E-state index in [1.807, 2.05) is 0 Å². The Morgan fingerprint density at radius 1 is 0.792 bits per heavy atom. The summed E-state index contributed by atoms with van der Waals surface area (Å²) in [7, 11) is -0.490. The van der Waals surface area contributed by atoms with E-state index >= 15 is 0 Å². The van der Waals surface area contributed by atoms with Crippen LogP contribution < -0.4 is 0 Å². The summed E-state index contributed by atoms with van der Waals surface area (Å²) >= 11 is 0. The molecule has 1 rings (SSSR count). The molecule has 0 heterocycles. The normalized spacial score (nSPS) is 17.5. The lowest BCUT2D eigenvalue weighted by Gasteiger charge is -2.30.